The molecule has 8 nitrogen and oxygen atoms in total. The van der Waals surface area contributed by atoms with E-state index < -0.39 is 0 Å². The Morgan fingerprint density at radius 1 is 0.909 bits per heavy atom. The van der Waals surface area contributed by atoms with Gasteiger partial charge in [0.2, 0.25) is 5.95 Å². The van der Waals surface area contributed by atoms with Crippen molar-refractivity contribution >= 4 is 29.4 Å². The van der Waals surface area contributed by atoms with Crippen LogP contribution in [-0.2, 0) is 6.54 Å². The molecule has 33 heavy (non-hydrogen) atoms. The van der Waals surface area contributed by atoms with E-state index in [1.54, 1.807) is 13.3 Å². The van der Waals surface area contributed by atoms with Crippen molar-refractivity contribution in [2.45, 2.75) is 18.4 Å². The van der Waals surface area contributed by atoms with Crippen molar-refractivity contribution in [3.05, 3.63) is 84.3 Å². The van der Waals surface area contributed by atoms with Gasteiger partial charge >= 0.3 is 0 Å². The van der Waals surface area contributed by atoms with Crippen LogP contribution in [0.5, 0.6) is 17.2 Å². The van der Waals surface area contributed by atoms with Gasteiger partial charge in [0.05, 0.1) is 12.8 Å². The van der Waals surface area contributed by atoms with E-state index in [-0.39, 0.29) is 5.95 Å². The van der Waals surface area contributed by atoms with E-state index in [2.05, 4.69) is 25.0 Å². The van der Waals surface area contributed by atoms with Crippen molar-refractivity contribution < 1.29 is 9.47 Å². The van der Waals surface area contributed by atoms with Crippen molar-refractivity contribution in [1.82, 2.24) is 19.7 Å². The van der Waals surface area contributed by atoms with Crippen molar-refractivity contribution in [1.29, 1.82) is 0 Å². The molecule has 0 atom stereocenters. The van der Waals surface area contributed by atoms with Gasteiger partial charge in [0, 0.05) is 41.2 Å². The molecule has 0 fully saturated rings. The average Bonchev–Trinajstić information content (AvgIpc) is 2.80. The zero-order valence-electron chi connectivity index (χ0n) is 18.3. The molecule has 2 aromatic carbocycles. The molecule has 4 rings (SSSR count). The average molecular weight is 461 g/mol. The van der Waals surface area contributed by atoms with Gasteiger partial charge in [-0.1, -0.05) is 0 Å². The lowest BCUT2D eigenvalue weighted by molar-refractivity contribution is 0.414. The van der Waals surface area contributed by atoms with Crippen LogP contribution in [0.2, 0.25) is 0 Å². The summed E-state index contributed by atoms with van der Waals surface area (Å²) in [5.41, 5.74) is 8.26. The van der Waals surface area contributed by atoms with Gasteiger partial charge in [-0.3, -0.25) is 9.71 Å². The lowest BCUT2D eigenvalue weighted by Gasteiger charge is -2.10. The number of ether oxygens (including phenoxy) is 2. The highest BCUT2D eigenvalue weighted by Crippen LogP contribution is 2.25. The number of nitrogens with one attached hydrogen (secondary N) is 2. The number of methoxy groups -OCH3 is 1. The minimum absolute atomic E-state index is 0.239. The first-order valence-electron chi connectivity index (χ1n) is 10.2. The molecular formula is C24H24N6O2S. The highest BCUT2D eigenvalue weighted by molar-refractivity contribution is 7.97. The molecule has 0 unspecified atom stereocenters. The Morgan fingerprint density at radius 3 is 2.39 bits per heavy atom. The molecule has 0 aliphatic rings. The monoisotopic (exact) mass is 460 g/mol. The van der Waals surface area contributed by atoms with Crippen LogP contribution in [0.4, 0.5) is 17.5 Å². The summed E-state index contributed by atoms with van der Waals surface area (Å²) in [6.45, 7) is 2.47. The molecule has 0 aliphatic heterocycles. The number of nitrogens with zero attached hydrogens (tertiary/aromatic N) is 3. The summed E-state index contributed by atoms with van der Waals surface area (Å²) in [4.78, 5) is 13.8. The number of aryl methyl sites for hydroxylation is 1. The molecule has 0 spiro atoms. The standard InChI is InChI=1S/C24H24N6O2S/c1-16-13-23(30-24(25)28-16)29-17-3-5-20(6-4-17)32-21-11-12-26-18(14-21)15-27-33-22-9-7-19(31-2)8-10-22/h3-14,27H,15H2,1-2H3,(H3,25,28,29,30). The number of rotatable bonds is 9. The largest absolute Gasteiger partial charge is 0.497 e. The molecular weight excluding hydrogens is 436 g/mol. The third-order valence-corrected chi connectivity index (χ3v) is 5.32. The molecule has 2 heterocycles. The third-order valence-electron chi connectivity index (χ3n) is 4.52. The SMILES string of the molecule is COc1ccc(SNCc2cc(Oc3ccc(Nc4cc(C)nc(N)n4)cc3)ccn2)cc1. The summed E-state index contributed by atoms with van der Waals surface area (Å²) in [6, 6.07) is 21.1. The second-order valence-electron chi connectivity index (χ2n) is 7.09. The van der Waals surface area contributed by atoms with Crippen molar-refractivity contribution in [2.75, 3.05) is 18.2 Å². The van der Waals surface area contributed by atoms with Gasteiger partial charge in [0.1, 0.15) is 23.1 Å². The number of nitrogens with two attached hydrogens (primary N) is 1. The Hall–Kier alpha value is -3.82. The lowest BCUT2D eigenvalue weighted by Crippen LogP contribution is -2.04. The lowest BCUT2D eigenvalue weighted by atomic mass is 10.3. The van der Waals surface area contributed by atoms with E-state index in [9.17, 15) is 0 Å². The Balaban J connectivity index is 1.31. The first-order valence-corrected chi connectivity index (χ1v) is 11.0. The topological polar surface area (TPSA) is 107 Å². The second kappa shape index (κ2) is 10.7. The maximum absolute atomic E-state index is 5.99. The predicted molar refractivity (Wildman–Crippen MR) is 131 cm³/mol. The molecule has 0 amide bonds. The number of hydrogen-bond acceptors (Lipinski definition) is 9. The maximum Gasteiger partial charge on any atom is 0.222 e. The summed E-state index contributed by atoms with van der Waals surface area (Å²) in [6.07, 6.45) is 1.74. The van der Waals surface area contributed by atoms with Crippen LogP contribution >= 0.6 is 11.9 Å². The van der Waals surface area contributed by atoms with Crippen molar-refractivity contribution in [2.24, 2.45) is 0 Å². The number of nitrogen functional groups attached to an aromatic ring is 1. The number of hydrogen-bond donors (Lipinski definition) is 3. The molecule has 4 N–H and O–H groups in total. The van der Waals surface area contributed by atoms with Gasteiger partial charge in [0.15, 0.2) is 0 Å². The predicted octanol–water partition coefficient (Wildman–Crippen LogP) is 5.10. The van der Waals surface area contributed by atoms with Crippen molar-refractivity contribution in [3.63, 3.8) is 0 Å². The van der Waals surface area contributed by atoms with Crippen LogP contribution in [0.1, 0.15) is 11.4 Å². The molecule has 9 heteroatoms. The summed E-state index contributed by atoms with van der Waals surface area (Å²) >= 11 is 1.54. The minimum Gasteiger partial charge on any atom is -0.497 e. The molecule has 0 saturated carbocycles. The van der Waals surface area contributed by atoms with Crippen LogP contribution in [0, 0.1) is 6.92 Å². The zero-order chi connectivity index (χ0) is 23.0. The number of benzene rings is 2. The van der Waals surface area contributed by atoms with E-state index in [0.29, 0.717) is 12.4 Å². The normalized spacial score (nSPS) is 10.6. The molecule has 0 bridgehead atoms. The van der Waals surface area contributed by atoms with Gasteiger partial charge in [-0.2, -0.15) is 4.98 Å². The fourth-order valence-electron chi connectivity index (χ4n) is 3.00. The van der Waals surface area contributed by atoms with Crippen LogP contribution in [0.3, 0.4) is 0 Å². The van der Waals surface area contributed by atoms with Gasteiger partial charge in [-0.25, -0.2) is 4.98 Å². The Bertz CT molecular complexity index is 1180. The Kier molecular flexibility index (Phi) is 7.23. The Morgan fingerprint density at radius 2 is 1.67 bits per heavy atom. The first-order chi connectivity index (χ1) is 16.1. The zero-order valence-corrected chi connectivity index (χ0v) is 19.1. The Labute approximate surface area is 196 Å². The second-order valence-corrected chi connectivity index (χ2v) is 8.05. The summed E-state index contributed by atoms with van der Waals surface area (Å²) in [5.74, 6) is 3.16. The molecule has 2 aromatic heterocycles. The highest BCUT2D eigenvalue weighted by Gasteiger charge is 2.04. The smallest absolute Gasteiger partial charge is 0.222 e. The van der Waals surface area contributed by atoms with E-state index in [4.69, 9.17) is 15.2 Å². The summed E-state index contributed by atoms with van der Waals surface area (Å²) in [7, 11) is 1.66. The quantitative estimate of drug-likeness (QED) is 0.294. The highest BCUT2D eigenvalue weighted by atomic mass is 32.2. The van der Waals surface area contributed by atoms with Crippen LogP contribution in [0.15, 0.2) is 77.8 Å². The minimum atomic E-state index is 0.239. The van der Waals surface area contributed by atoms with Crippen LogP contribution in [0.25, 0.3) is 0 Å². The molecule has 0 radical (unpaired) electrons. The fourth-order valence-corrected chi connectivity index (χ4v) is 3.66. The molecule has 0 aliphatic carbocycles. The van der Waals surface area contributed by atoms with Gasteiger partial charge in [-0.15, -0.1) is 0 Å². The van der Waals surface area contributed by atoms with Gasteiger partial charge in [0.25, 0.3) is 0 Å². The van der Waals surface area contributed by atoms with E-state index in [1.165, 1.54) is 11.9 Å². The van der Waals surface area contributed by atoms with Gasteiger partial charge < -0.3 is 20.5 Å². The van der Waals surface area contributed by atoms with Crippen LogP contribution in [-0.4, -0.2) is 22.1 Å². The number of anilines is 3. The number of aromatic nitrogens is 3. The van der Waals surface area contributed by atoms with Gasteiger partial charge in [-0.05, 0) is 73.5 Å². The fraction of sp³-hybridized carbons (Fsp3) is 0.125. The third kappa shape index (κ3) is 6.58. The van der Waals surface area contributed by atoms with Crippen LogP contribution < -0.4 is 25.2 Å². The summed E-state index contributed by atoms with van der Waals surface area (Å²) < 4.78 is 14.5. The van der Waals surface area contributed by atoms with Crippen molar-refractivity contribution in [3.8, 4) is 17.2 Å². The van der Waals surface area contributed by atoms with E-state index in [1.807, 2.05) is 73.7 Å². The molecule has 4 aromatic rings. The maximum atomic E-state index is 5.99. The van der Waals surface area contributed by atoms with E-state index in [0.717, 1.165) is 39.2 Å². The first kappa shape index (κ1) is 22.4. The van der Waals surface area contributed by atoms with E-state index >= 15 is 0 Å². The summed E-state index contributed by atoms with van der Waals surface area (Å²) in [5, 5.41) is 3.21. The molecule has 0 saturated heterocycles. The number of pyridine rings is 1. The molecule has 168 valence electrons.